The number of hydrogen-bond acceptors (Lipinski definition) is 4. The highest BCUT2D eigenvalue weighted by Crippen LogP contribution is 2.41. The second-order valence-electron chi connectivity index (χ2n) is 8.07. The fraction of sp³-hybridized carbons (Fsp3) is 0.103. The topological polar surface area (TPSA) is 80.7 Å². The van der Waals surface area contributed by atoms with Crippen molar-refractivity contribution in [2.75, 3.05) is 0 Å². The molecule has 0 heterocycles. The molecule has 0 aromatic heterocycles. The highest BCUT2D eigenvalue weighted by molar-refractivity contribution is 7.61. The molecule has 1 atom stereocenters. The molecule has 0 aliphatic carbocycles. The number of rotatable bonds is 5. The van der Waals surface area contributed by atoms with E-state index in [4.69, 9.17) is 4.52 Å². The van der Waals surface area contributed by atoms with Crippen molar-refractivity contribution >= 4 is 24.7 Å². The Hall–Kier alpha value is -3.79. The second kappa shape index (κ2) is 11.6. The van der Waals surface area contributed by atoms with E-state index in [0.29, 0.717) is 5.56 Å². The molecular formula is C29H27O5P. The van der Waals surface area contributed by atoms with Crippen LogP contribution in [0.15, 0.2) is 103 Å². The van der Waals surface area contributed by atoms with Gasteiger partial charge in [0, 0.05) is 11.1 Å². The fourth-order valence-corrected chi connectivity index (χ4v) is 4.65. The van der Waals surface area contributed by atoms with Gasteiger partial charge in [0.15, 0.2) is 5.78 Å². The van der Waals surface area contributed by atoms with E-state index in [2.05, 4.69) is 0 Å². The molecule has 0 amide bonds. The summed E-state index contributed by atoms with van der Waals surface area (Å²) in [6.07, 6.45) is 0. The summed E-state index contributed by atoms with van der Waals surface area (Å²) in [6.45, 7) is 5.48. The van der Waals surface area contributed by atoms with Gasteiger partial charge < -0.3 is 9.42 Å². The van der Waals surface area contributed by atoms with Crippen LogP contribution in [0.4, 0.5) is 0 Å². The van der Waals surface area contributed by atoms with Gasteiger partial charge in [0.05, 0.1) is 10.9 Å². The predicted molar refractivity (Wildman–Crippen MR) is 138 cm³/mol. The van der Waals surface area contributed by atoms with E-state index < -0.39 is 13.6 Å². The van der Waals surface area contributed by atoms with Gasteiger partial charge in [-0.05, 0) is 44.0 Å². The molecule has 0 radical (unpaired) electrons. The lowest BCUT2D eigenvalue weighted by Gasteiger charge is -2.15. The Kier molecular flexibility index (Phi) is 8.53. The van der Waals surface area contributed by atoms with E-state index in [1.165, 1.54) is 12.1 Å². The Balaban J connectivity index is 0.000000211. The zero-order valence-corrected chi connectivity index (χ0v) is 20.7. The Morgan fingerprint density at radius 1 is 0.686 bits per heavy atom. The maximum Gasteiger partial charge on any atom is 0.410 e. The minimum absolute atomic E-state index is 0.0752. The summed E-state index contributed by atoms with van der Waals surface area (Å²) in [5.41, 5.74) is 4.29. The smallest absolute Gasteiger partial charge is 0.385 e. The summed E-state index contributed by atoms with van der Waals surface area (Å²) < 4.78 is 17.1. The molecule has 0 saturated carbocycles. The van der Waals surface area contributed by atoms with E-state index in [0.717, 1.165) is 27.8 Å². The SMILES string of the molecule is Cc1cc(C)c(C(=O)OP(=O)(O)c2ccccc2)c(C)c1.O=C(c1ccccc1)c1ccccc1. The molecule has 0 fully saturated rings. The molecule has 4 aromatic rings. The summed E-state index contributed by atoms with van der Waals surface area (Å²) in [4.78, 5) is 34.0. The Morgan fingerprint density at radius 2 is 1.09 bits per heavy atom. The van der Waals surface area contributed by atoms with Crippen molar-refractivity contribution in [1.29, 1.82) is 0 Å². The van der Waals surface area contributed by atoms with Crippen LogP contribution in [-0.2, 0) is 9.09 Å². The van der Waals surface area contributed by atoms with Gasteiger partial charge in [0.25, 0.3) is 0 Å². The van der Waals surface area contributed by atoms with Crippen molar-refractivity contribution in [3.63, 3.8) is 0 Å². The monoisotopic (exact) mass is 486 g/mol. The van der Waals surface area contributed by atoms with Crippen molar-refractivity contribution in [3.8, 4) is 0 Å². The molecule has 178 valence electrons. The van der Waals surface area contributed by atoms with Crippen molar-refractivity contribution in [2.45, 2.75) is 20.8 Å². The van der Waals surface area contributed by atoms with Gasteiger partial charge in [-0.1, -0.05) is 96.6 Å². The van der Waals surface area contributed by atoms with Crippen LogP contribution >= 0.6 is 7.60 Å². The standard InChI is InChI=1S/C16H17O4P.C13H10O/c1-11-9-12(2)15(13(3)10-11)16(17)20-21(18,19)14-7-5-4-6-8-14;14-13(11-7-3-1-4-8-11)12-9-5-2-6-10-12/h4-10H,1-3H3,(H,18,19);1-10H. The largest absolute Gasteiger partial charge is 0.410 e. The lowest BCUT2D eigenvalue weighted by atomic mass is 10.0. The average molecular weight is 487 g/mol. The van der Waals surface area contributed by atoms with Crippen LogP contribution in [0.25, 0.3) is 0 Å². The number of benzene rings is 4. The van der Waals surface area contributed by atoms with E-state index in [-0.39, 0.29) is 11.1 Å². The third-order valence-corrected chi connectivity index (χ3v) is 6.61. The first-order chi connectivity index (χ1) is 16.7. The van der Waals surface area contributed by atoms with E-state index >= 15 is 0 Å². The van der Waals surface area contributed by atoms with Crippen LogP contribution in [-0.4, -0.2) is 16.6 Å². The van der Waals surface area contributed by atoms with Crippen molar-refractivity contribution in [3.05, 3.63) is 137 Å². The lowest BCUT2D eigenvalue weighted by molar-refractivity contribution is 0.0721. The molecule has 35 heavy (non-hydrogen) atoms. The number of carbonyl (C=O) groups is 2. The van der Waals surface area contributed by atoms with Crippen LogP contribution in [0.5, 0.6) is 0 Å². The first kappa shape index (κ1) is 25.8. The van der Waals surface area contributed by atoms with E-state index in [9.17, 15) is 19.0 Å². The summed E-state index contributed by atoms with van der Waals surface area (Å²) in [5.74, 6) is -0.703. The van der Waals surface area contributed by atoms with Crippen molar-refractivity contribution < 1.29 is 23.6 Å². The molecule has 6 heteroatoms. The molecular weight excluding hydrogens is 459 g/mol. The zero-order valence-electron chi connectivity index (χ0n) is 19.8. The molecule has 0 saturated heterocycles. The lowest BCUT2D eigenvalue weighted by Crippen LogP contribution is -2.13. The molecule has 0 aliphatic heterocycles. The maximum absolute atomic E-state index is 12.2. The molecule has 1 N–H and O–H groups in total. The van der Waals surface area contributed by atoms with Gasteiger partial charge in [-0.3, -0.25) is 4.79 Å². The van der Waals surface area contributed by atoms with Crippen molar-refractivity contribution in [1.82, 2.24) is 0 Å². The molecule has 4 rings (SSSR count). The van der Waals surface area contributed by atoms with Gasteiger partial charge in [-0.25, -0.2) is 9.36 Å². The first-order valence-corrected chi connectivity index (χ1v) is 12.6. The second-order valence-corrected chi connectivity index (χ2v) is 9.81. The highest BCUT2D eigenvalue weighted by Gasteiger charge is 2.28. The number of hydrogen-bond donors (Lipinski definition) is 1. The predicted octanol–water partition coefficient (Wildman–Crippen LogP) is 6.20. The van der Waals surface area contributed by atoms with Crippen molar-refractivity contribution in [2.24, 2.45) is 0 Å². The molecule has 1 unspecified atom stereocenters. The molecule has 4 aromatic carbocycles. The first-order valence-electron chi connectivity index (χ1n) is 11.0. The number of carbonyl (C=O) groups excluding carboxylic acids is 2. The average Bonchev–Trinajstić information content (AvgIpc) is 2.85. The van der Waals surface area contributed by atoms with E-state index in [1.807, 2.05) is 79.7 Å². The van der Waals surface area contributed by atoms with Gasteiger partial charge in [0.1, 0.15) is 0 Å². The fourth-order valence-electron chi connectivity index (χ4n) is 3.67. The van der Waals surface area contributed by atoms with Gasteiger partial charge in [-0.15, -0.1) is 0 Å². The van der Waals surface area contributed by atoms with Crippen LogP contribution in [0, 0.1) is 20.8 Å². The van der Waals surface area contributed by atoms with Gasteiger partial charge in [-0.2, -0.15) is 0 Å². The highest BCUT2D eigenvalue weighted by atomic mass is 31.2. The quantitative estimate of drug-likeness (QED) is 0.268. The van der Waals surface area contributed by atoms with Crippen LogP contribution in [0.2, 0.25) is 0 Å². The minimum atomic E-state index is -4.17. The number of ketones is 1. The summed E-state index contributed by atoms with van der Waals surface area (Å²) >= 11 is 0. The normalized spacial score (nSPS) is 12.0. The Morgan fingerprint density at radius 3 is 1.51 bits per heavy atom. The third kappa shape index (κ3) is 6.86. The van der Waals surface area contributed by atoms with Gasteiger partial charge in [0.2, 0.25) is 0 Å². The van der Waals surface area contributed by atoms with E-state index in [1.54, 1.807) is 32.0 Å². The van der Waals surface area contributed by atoms with Crippen LogP contribution < -0.4 is 5.30 Å². The Labute approximate surface area is 205 Å². The minimum Gasteiger partial charge on any atom is -0.385 e. The molecule has 5 nitrogen and oxygen atoms in total. The van der Waals surface area contributed by atoms with Crippen LogP contribution in [0.1, 0.15) is 43.0 Å². The summed E-state index contributed by atoms with van der Waals surface area (Å²) in [6, 6.07) is 30.2. The van der Waals surface area contributed by atoms with Crippen LogP contribution in [0.3, 0.4) is 0 Å². The third-order valence-electron chi connectivity index (χ3n) is 5.24. The molecule has 0 spiro atoms. The summed E-state index contributed by atoms with van der Waals surface area (Å²) in [7, 11) is -4.17. The molecule has 0 bridgehead atoms. The van der Waals surface area contributed by atoms with Gasteiger partial charge >= 0.3 is 13.6 Å². The Bertz CT molecular complexity index is 1290. The maximum atomic E-state index is 12.2. The summed E-state index contributed by atoms with van der Waals surface area (Å²) in [5, 5.41) is 0.0979. The zero-order chi connectivity index (χ0) is 25.4. The molecule has 0 aliphatic rings. The number of aryl methyl sites for hydroxylation is 3.